The zero-order chi connectivity index (χ0) is 2.00. The van der Waals surface area contributed by atoms with Crippen molar-refractivity contribution in [3.8, 4) is 0 Å². The summed E-state index contributed by atoms with van der Waals surface area (Å²) in [7, 11) is 0. The van der Waals surface area contributed by atoms with E-state index in [4.69, 9.17) is 3.83 Å². The fourth-order valence-electron chi connectivity index (χ4n) is 0. The fraction of sp³-hybridized carbons (Fsp3) is 0. The van der Waals surface area contributed by atoms with E-state index < -0.39 is 0 Å². The van der Waals surface area contributed by atoms with Gasteiger partial charge in [-0.05, 0) is 0 Å². The van der Waals surface area contributed by atoms with Crippen LogP contribution in [0, 0.1) is 35.6 Å². The first kappa shape index (κ1) is 23.6. The van der Waals surface area contributed by atoms with Gasteiger partial charge in [0.15, 0.2) is 0 Å². The maximum atomic E-state index is 7.81. The molecule has 0 bridgehead atoms. The largest absolute Gasteiger partial charge is 0 e. The third-order valence-corrected chi connectivity index (χ3v) is 0. The van der Waals surface area contributed by atoms with Crippen LogP contribution in [0.1, 0.15) is 0 Å². The van der Waals surface area contributed by atoms with Crippen molar-refractivity contribution in [3.63, 3.8) is 0 Å². The van der Waals surface area contributed by atoms with Crippen LogP contribution in [-0.2, 0) is 36.8 Å². The van der Waals surface area contributed by atoms with Crippen molar-refractivity contribution in [1.82, 2.24) is 0 Å². The van der Waals surface area contributed by atoms with Crippen molar-refractivity contribution >= 4 is 45.5 Å². The van der Waals surface area contributed by atoms with E-state index in [1.165, 1.54) is 0 Å². The average Bonchev–Trinajstić information content (AvgIpc) is 1.00. The minimum absolute atomic E-state index is 0. The molecule has 0 aromatic rings. The smallest absolute Gasteiger partial charge is 0 e. The van der Waals surface area contributed by atoms with Gasteiger partial charge < -0.3 is 0 Å². The summed E-state index contributed by atoms with van der Waals surface area (Å²) in [6, 6.07) is 0. The standard InChI is InChI=1S/Cu.La.Mn.O.Sr. The summed E-state index contributed by atoms with van der Waals surface area (Å²) < 4.78 is 7.81. The van der Waals surface area contributed by atoms with Gasteiger partial charge in [0.2, 0.25) is 0 Å². The number of rotatable bonds is 0. The maximum absolute atomic E-state index is 7.81. The average molecular weight is 361 g/mol. The molecule has 0 heterocycles. The van der Waals surface area contributed by atoms with Crippen molar-refractivity contribution < 1.29 is 72.4 Å². The Morgan fingerprint density at radius 1 is 1.20 bits per heavy atom. The number of hydrogen-bond donors (Lipinski definition) is 0. The quantitative estimate of drug-likeness (QED) is 0.532. The first-order chi connectivity index (χ1) is 1.00. The summed E-state index contributed by atoms with van der Waals surface area (Å²) in [5, 5.41) is 0. The zero-order valence-electron chi connectivity index (χ0n) is 2.37. The molecule has 0 fully saturated rings. The van der Waals surface area contributed by atoms with E-state index in [2.05, 4.69) is 15.9 Å². The van der Waals surface area contributed by atoms with E-state index in [9.17, 15) is 0 Å². The second-order valence-corrected chi connectivity index (χ2v) is 0. The molecule has 0 aliphatic heterocycles. The third kappa shape index (κ3) is 18.5. The topological polar surface area (TPSA) is 17.1 Å². The predicted octanol–water partition coefficient (Wildman–Crippen LogP) is -0.505. The minimum Gasteiger partial charge on any atom is 0 e. The van der Waals surface area contributed by atoms with Gasteiger partial charge in [0.25, 0.3) is 0 Å². The van der Waals surface area contributed by atoms with Gasteiger partial charge in [0.05, 0.1) is 0 Å². The van der Waals surface area contributed by atoms with Gasteiger partial charge >= 0.3 is 19.8 Å². The van der Waals surface area contributed by atoms with Crippen molar-refractivity contribution in [3.05, 3.63) is 0 Å². The summed E-state index contributed by atoms with van der Waals surface area (Å²) in [6.07, 6.45) is 0. The summed E-state index contributed by atoms with van der Waals surface area (Å²) in [4.78, 5) is 0. The molecule has 0 amide bonds. The van der Waals surface area contributed by atoms with Crippen molar-refractivity contribution in [1.29, 1.82) is 0 Å². The van der Waals surface area contributed by atoms with Gasteiger partial charge in [-0.3, -0.25) is 0 Å². The van der Waals surface area contributed by atoms with Crippen LogP contribution < -0.4 is 0 Å². The summed E-state index contributed by atoms with van der Waals surface area (Å²) >= 11 is 2.94. The molecule has 0 saturated heterocycles. The molecule has 0 N–H and O–H groups in total. The Morgan fingerprint density at radius 2 is 1.20 bits per heavy atom. The van der Waals surface area contributed by atoms with E-state index in [1.54, 1.807) is 0 Å². The third-order valence-electron chi connectivity index (χ3n) is 0. The Bertz CT molecular complexity index is 11.6. The molecule has 4 radical (unpaired) electrons. The number of hydrogen-bond acceptors (Lipinski definition) is 1. The Balaban J connectivity index is -0.00000000167. The molecule has 5 heteroatoms. The molecule has 0 spiro atoms. The summed E-state index contributed by atoms with van der Waals surface area (Å²) in [6.45, 7) is 0. The van der Waals surface area contributed by atoms with Gasteiger partial charge in [-0.2, -0.15) is 0 Å². The molecule has 0 aliphatic rings. The van der Waals surface area contributed by atoms with Gasteiger partial charge in [-0.25, -0.2) is 0 Å². The van der Waals surface area contributed by atoms with Crippen LogP contribution in [0.3, 0.4) is 0 Å². The molecule has 0 aliphatic carbocycles. The Kier molecular flexibility index (Phi) is 122. The van der Waals surface area contributed by atoms with Crippen molar-refractivity contribution in [2.45, 2.75) is 0 Å². The van der Waals surface area contributed by atoms with Crippen LogP contribution in [0.25, 0.3) is 0 Å². The second kappa shape index (κ2) is 25.8. The Labute approximate surface area is 115 Å². The molecule has 5 heavy (non-hydrogen) atoms. The summed E-state index contributed by atoms with van der Waals surface area (Å²) in [5.41, 5.74) is 0. The molecule has 0 atom stereocenters. The minimum atomic E-state index is 0. The Hall–Kier alpha value is 3.51. The van der Waals surface area contributed by atoms with Crippen LogP contribution in [0.2, 0.25) is 0 Å². The molecule has 0 rings (SSSR count). The second-order valence-electron chi connectivity index (χ2n) is 0. The van der Waals surface area contributed by atoms with Gasteiger partial charge in [0, 0.05) is 98.1 Å². The molecule has 0 unspecified atom stereocenters. The summed E-state index contributed by atoms with van der Waals surface area (Å²) in [5.74, 6) is 0. The fourth-order valence-corrected chi connectivity index (χ4v) is 0. The zero-order valence-corrected chi connectivity index (χ0v) is 11.6. The first-order valence-corrected chi connectivity index (χ1v) is 0.508. The molecular weight excluding hydrogens is 361 g/mol. The first-order valence-electron chi connectivity index (χ1n) is 0.123. The van der Waals surface area contributed by atoms with Crippen LogP contribution >= 0.6 is 0 Å². The molecule has 0 aromatic carbocycles. The Morgan fingerprint density at radius 3 is 1.20 bits per heavy atom. The van der Waals surface area contributed by atoms with E-state index >= 15 is 0 Å². The molecule has 1 nitrogen and oxygen atoms in total. The monoisotopic (exact) mass is 361 g/mol. The van der Waals surface area contributed by atoms with Gasteiger partial charge in [0.1, 0.15) is 0 Å². The van der Waals surface area contributed by atoms with E-state index in [0.717, 1.165) is 0 Å². The van der Waals surface area contributed by atoms with E-state index in [-0.39, 0.29) is 98.1 Å². The van der Waals surface area contributed by atoms with Crippen LogP contribution in [0.5, 0.6) is 0 Å². The van der Waals surface area contributed by atoms with E-state index in [0.29, 0.717) is 0 Å². The maximum Gasteiger partial charge on any atom is 0 e. The van der Waals surface area contributed by atoms with Crippen LogP contribution in [0.15, 0.2) is 0 Å². The van der Waals surface area contributed by atoms with Gasteiger partial charge in [-0.15, -0.1) is 0 Å². The SMILES string of the molecule is [La].[Mn].[O]=[Cu].[Sr]. The van der Waals surface area contributed by atoms with E-state index in [1.807, 2.05) is 0 Å². The molecular formula is CuLaMnOSr. The van der Waals surface area contributed by atoms with Crippen molar-refractivity contribution in [2.24, 2.45) is 0 Å². The molecule has 29 valence electrons. The van der Waals surface area contributed by atoms with Crippen LogP contribution in [0.4, 0.5) is 0 Å². The van der Waals surface area contributed by atoms with Crippen LogP contribution in [-0.4, -0.2) is 45.5 Å². The predicted molar refractivity (Wildman–Crippen MR) is 6.44 cm³/mol. The normalized spacial score (nSPS) is 1.20. The molecule has 0 saturated carbocycles. The molecule has 0 aromatic heterocycles. The van der Waals surface area contributed by atoms with Gasteiger partial charge in [-0.1, -0.05) is 0 Å². The van der Waals surface area contributed by atoms with Crippen molar-refractivity contribution in [2.75, 3.05) is 0 Å².